The van der Waals surface area contributed by atoms with Gasteiger partial charge in [0, 0.05) is 24.3 Å². The van der Waals surface area contributed by atoms with E-state index < -0.39 is 5.97 Å². The predicted octanol–water partition coefficient (Wildman–Crippen LogP) is 1.57. The van der Waals surface area contributed by atoms with E-state index in [2.05, 4.69) is 5.32 Å². The first-order valence-corrected chi connectivity index (χ1v) is 7.71. The average molecular weight is 308 g/mol. The van der Waals surface area contributed by atoms with Crippen LogP contribution in [0.5, 0.6) is 0 Å². The summed E-state index contributed by atoms with van der Waals surface area (Å²) in [7, 11) is 0. The van der Waals surface area contributed by atoms with Crippen molar-refractivity contribution in [3.63, 3.8) is 0 Å². The van der Waals surface area contributed by atoms with Gasteiger partial charge in [-0.05, 0) is 30.7 Å². The average Bonchev–Trinajstić information content (AvgIpc) is 2.85. The summed E-state index contributed by atoms with van der Waals surface area (Å²) in [6.45, 7) is 0.733. The number of carbonyl (C=O) groups is 3. The normalized spacial score (nSPS) is 14.3. The number of thioether (sulfide) groups is 1. The highest BCUT2D eigenvalue weighted by Gasteiger charge is 2.21. The molecular weight excluding hydrogens is 292 g/mol. The van der Waals surface area contributed by atoms with Gasteiger partial charge in [0.15, 0.2) is 0 Å². The van der Waals surface area contributed by atoms with E-state index in [1.807, 2.05) is 0 Å². The van der Waals surface area contributed by atoms with Crippen molar-refractivity contribution < 1.29 is 19.5 Å². The molecule has 0 radical (unpaired) electrons. The fourth-order valence-corrected chi connectivity index (χ4v) is 2.61. The van der Waals surface area contributed by atoms with E-state index in [9.17, 15) is 14.4 Å². The van der Waals surface area contributed by atoms with Gasteiger partial charge in [0.25, 0.3) is 0 Å². The van der Waals surface area contributed by atoms with E-state index in [-0.39, 0.29) is 23.3 Å². The Balaban J connectivity index is 1.86. The number of benzene rings is 1. The molecule has 0 unspecified atom stereocenters. The third kappa shape index (κ3) is 4.49. The zero-order valence-corrected chi connectivity index (χ0v) is 12.2. The minimum atomic E-state index is -0.938. The highest BCUT2D eigenvalue weighted by molar-refractivity contribution is 8.00. The second-order valence-electron chi connectivity index (χ2n) is 4.63. The van der Waals surface area contributed by atoms with Crippen LogP contribution in [0.2, 0.25) is 0 Å². The summed E-state index contributed by atoms with van der Waals surface area (Å²) in [5, 5.41) is 11.2. The topological polar surface area (TPSA) is 86.7 Å². The largest absolute Gasteiger partial charge is 0.481 e. The van der Waals surface area contributed by atoms with Gasteiger partial charge in [-0.15, -0.1) is 11.8 Å². The molecule has 1 saturated heterocycles. The molecule has 1 aliphatic heterocycles. The van der Waals surface area contributed by atoms with Gasteiger partial charge in [-0.1, -0.05) is 0 Å². The zero-order valence-electron chi connectivity index (χ0n) is 11.4. The summed E-state index contributed by atoms with van der Waals surface area (Å²) >= 11 is 1.05. The number of amides is 2. The van der Waals surface area contributed by atoms with Crippen molar-refractivity contribution in [3.05, 3.63) is 24.3 Å². The Hall–Kier alpha value is -2.02. The number of hydrogen-bond acceptors (Lipinski definition) is 4. The number of carbonyl (C=O) groups excluding carboxylic acids is 2. The monoisotopic (exact) mass is 308 g/mol. The van der Waals surface area contributed by atoms with Gasteiger partial charge < -0.3 is 15.3 Å². The summed E-state index contributed by atoms with van der Waals surface area (Å²) < 4.78 is 0. The molecule has 0 aromatic heterocycles. The lowest BCUT2D eigenvalue weighted by molar-refractivity contribution is -0.133. The van der Waals surface area contributed by atoms with Crippen molar-refractivity contribution in [1.82, 2.24) is 0 Å². The highest BCUT2D eigenvalue weighted by atomic mass is 32.2. The maximum atomic E-state index is 11.6. The maximum absolute atomic E-state index is 11.6. The maximum Gasteiger partial charge on any atom is 0.313 e. The van der Waals surface area contributed by atoms with E-state index in [0.717, 1.165) is 30.4 Å². The van der Waals surface area contributed by atoms with Gasteiger partial charge in [0.1, 0.15) is 0 Å². The van der Waals surface area contributed by atoms with Gasteiger partial charge in [-0.2, -0.15) is 0 Å². The van der Waals surface area contributed by atoms with Crippen LogP contribution in [0.15, 0.2) is 24.3 Å². The van der Waals surface area contributed by atoms with Gasteiger partial charge in [-0.25, -0.2) is 0 Å². The predicted molar refractivity (Wildman–Crippen MR) is 81.6 cm³/mol. The number of hydrogen-bond donors (Lipinski definition) is 2. The van der Waals surface area contributed by atoms with Crippen molar-refractivity contribution >= 4 is 40.9 Å². The second kappa shape index (κ2) is 7.12. The van der Waals surface area contributed by atoms with Crippen LogP contribution < -0.4 is 10.2 Å². The van der Waals surface area contributed by atoms with E-state index in [0.29, 0.717) is 12.1 Å². The number of rotatable bonds is 6. The van der Waals surface area contributed by atoms with Crippen LogP contribution in [0.3, 0.4) is 0 Å². The lowest BCUT2D eigenvalue weighted by Crippen LogP contribution is -2.23. The summed E-state index contributed by atoms with van der Waals surface area (Å²) in [5.41, 5.74) is 1.46. The number of nitrogens with one attached hydrogen (secondary N) is 1. The molecule has 6 nitrogen and oxygen atoms in total. The molecule has 1 aromatic carbocycles. The Morgan fingerprint density at radius 3 is 2.52 bits per heavy atom. The quantitative estimate of drug-likeness (QED) is 0.833. The number of carboxylic acid groups (broad SMARTS) is 1. The fourth-order valence-electron chi connectivity index (χ4n) is 2.07. The van der Waals surface area contributed by atoms with Crippen LogP contribution in [-0.4, -0.2) is 40.9 Å². The summed E-state index contributed by atoms with van der Waals surface area (Å²) in [6.07, 6.45) is 1.46. The van der Waals surface area contributed by atoms with Crippen LogP contribution >= 0.6 is 11.8 Å². The molecule has 2 amide bonds. The molecule has 0 spiro atoms. The van der Waals surface area contributed by atoms with E-state index in [1.54, 1.807) is 29.2 Å². The first-order chi connectivity index (χ1) is 10.1. The van der Waals surface area contributed by atoms with E-state index in [1.165, 1.54) is 0 Å². The van der Waals surface area contributed by atoms with Gasteiger partial charge in [0.2, 0.25) is 11.8 Å². The third-order valence-electron chi connectivity index (χ3n) is 2.99. The second-order valence-corrected chi connectivity index (χ2v) is 5.62. The standard InChI is InChI=1S/C14H16N2O4S/c17-12(8-21-9-14(19)20)15-10-3-5-11(6-4-10)16-7-1-2-13(16)18/h3-6H,1-2,7-9H2,(H,15,17)(H,19,20). The number of aliphatic carboxylic acids is 1. The number of nitrogens with zero attached hydrogens (tertiary/aromatic N) is 1. The lowest BCUT2D eigenvalue weighted by atomic mass is 10.2. The Morgan fingerprint density at radius 2 is 1.95 bits per heavy atom. The smallest absolute Gasteiger partial charge is 0.313 e. The molecule has 2 rings (SSSR count). The highest BCUT2D eigenvalue weighted by Crippen LogP contribution is 2.23. The van der Waals surface area contributed by atoms with E-state index in [4.69, 9.17) is 5.11 Å². The Labute approximate surface area is 126 Å². The van der Waals surface area contributed by atoms with Gasteiger partial charge in [-0.3, -0.25) is 14.4 Å². The zero-order chi connectivity index (χ0) is 15.2. The summed E-state index contributed by atoms with van der Waals surface area (Å²) in [5.74, 6) is -1.06. The molecule has 0 atom stereocenters. The third-order valence-corrected chi connectivity index (χ3v) is 3.91. The Bertz CT molecular complexity index is 544. The molecule has 1 fully saturated rings. The molecule has 0 saturated carbocycles. The minimum absolute atomic E-state index is 0.0938. The molecule has 0 bridgehead atoms. The molecular formula is C14H16N2O4S. The van der Waals surface area contributed by atoms with Crippen LogP contribution in [0, 0.1) is 0 Å². The van der Waals surface area contributed by atoms with Crippen LogP contribution in [0.1, 0.15) is 12.8 Å². The molecule has 0 aliphatic carbocycles. The van der Waals surface area contributed by atoms with Crippen molar-refractivity contribution in [2.24, 2.45) is 0 Å². The summed E-state index contributed by atoms with van der Waals surface area (Å²) in [4.78, 5) is 35.3. The first kappa shape index (κ1) is 15.4. The first-order valence-electron chi connectivity index (χ1n) is 6.56. The summed E-state index contributed by atoms with van der Waals surface area (Å²) in [6, 6.07) is 7.06. The van der Waals surface area contributed by atoms with Gasteiger partial charge in [0.05, 0.1) is 11.5 Å². The number of anilines is 2. The Morgan fingerprint density at radius 1 is 1.24 bits per heavy atom. The fraction of sp³-hybridized carbons (Fsp3) is 0.357. The molecule has 1 aliphatic rings. The minimum Gasteiger partial charge on any atom is -0.481 e. The molecule has 7 heteroatoms. The van der Waals surface area contributed by atoms with Gasteiger partial charge >= 0.3 is 5.97 Å². The molecule has 112 valence electrons. The molecule has 2 N–H and O–H groups in total. The van der Waals surface area contributed by atoms with E-state index >= 15 is 0 Å². The number of carboxylic acids is 1. The van der Waals surface area contributed by atoms with Crippen molar-refractivity contribution in [3.8, 4) is 0 Å². The SMILES string of the molecule is O=C(O)CSCC(=O)Nc1ccc(N2CCCC2=O)cc1. The van der Waals surface area contributed by atoms with Crippen LogP contribution in [0.25, 0.3) is 0 Å². The van der Waals surface area contributed by atoms with Crippen LogP contribution in [-0.2, 0) is 14.4 Å². The molecule has 21 heavy (non-hydrogen) atoms. The lowest BCUT2D eigenvalue weighted by Gasteiger charge is -2.16. The van der Waals surface area contributed by atoms with Crippen molar-refractivity contribution in [2.75, 3.05) is 28.3 Å². The van der Waals surface area contributed by atoms with Crippen LogP contribution in [0.4, 0.5) is 11.4 Å². The molecule has 1 heterocycles. The van der Waals surface area contributed by atoms with Crippen molar-refractivity contribution in [2.45, 2.75) is 12.8 Å². The Kier molecular flexibility index (Phi) is 5.21. The molecule has 1 aromatic rings. The van der Waals surface area contributed by atoms with Crippen molar-refractivity contribution in [1.29, 1.82) is 0 Å².